The lowest BCUT2D eigenvalue weighted by Crippen LogP contribution is -2.02. The molecule has 0 radical (unpaired) electrons. The van der Waals surface area contributed by atoms with Crippen LogP contribution in [-0.2, 0) is 0 Å². The quantitative estimate of drug-likeness (QED) is 0.603. The summed E-state index contributed by atoms with van der Waals surface area (Å²) < 4.78 is 2.00. The Morgan fingerprint density at radius 1 is 1.16 bits per heavy atom. The molecule has 0 bridgehead atoms. The number of hydrogen-bond donors (Lipinski definition) is 2. The Balaban J connectivity index is 1.95. The van der Waals surface area contributed by atoms with Crippen LogP contribution in [0, 0.1) is 11.3 Å². The number of aromatic nitrogens is 4. The van der Waals surface area contributed by atoms with Crippen LogP contribution in [0.15, 0.2) is 67.4 Å². The molecule has 4 aromatic heterocycles. The summed E-state index contributed by atoms with van der Waals surface area (Å²) >= 11 is 0. The summed E-state index contributed by atoms with van der Waals surface area (Å²) in [5.74, 6) is 0.221. The molecule has 6 heteroatoms. The zero-order valence-corrected chi connectivity index (χ0v) is 13.2. The lowest BCUT2D eigenvalue weighted by molar-refractivity contribution is 1.07. The van der Waals surface area contributed by atoms with Gasteiger partial charge in [0.1, 0.15) is 17.5 Å². The Kier molecular flexibility index (Phi) is 3.52. The van der Waals surface area contributed by atoms with Crippen molar-refractivity contribution in [3.8, 4) is 34.3 Å². The average molecular weight is 326 g/mol. The van der Waals surface area contributed by atoms with Crippen molar-refractivity contribution in [2.24, 2.45) is 0 Å². The minimum Gasteiger partial charge on any atom is -0.383 e. The highest BCUT2D eigenvalue weighted by atomic mass is 15.0. The molecule has 0 aliphatic carbocycles. The molecular weight excluding hydrogens is 312 g/mol. The number of rotatable bonds is 3. The molecule has 4 heterocycles. The molecule has 0 unspecified atom stereocenters. The van der Waals surface area contributed by atoms with E-state index in [0.29, 0.717) is 5.56 Å². The van der Waals surface area contributed by atoms with Crippen LogP contribution in [0.3, 0.4) is 0 Å². The van der Waals surface area contributed by atoms with Crippen LogP contribution in [0.2, 0.25) is 0 Å². The van der Waals surface area contributed by atoms with Crippen LogP contribution in [-0.4, -0.2) is 19.5 Å². The third kappa shape index (κ3) is 2.54. The van der Waals surface area contributed by atoms with Crippen LogP contribution in [0.25, 0.3) is 28.2 Å². The van der Waals surface area contributed by atoms with E-state index in [4.69, 9.17) is 5.73 Å². The molecule has 0 fully saturated rings. The summed E-state index contributed by atoms with van der Waals surface area (Å²) in [6.45, 7) is 0. The van der Waals surface area contributed by atoms with Crippen molar-refractivity contribution in [1.29, 1.82) is 5.26 Å². The van der Waals surface area contributed by atoms with E-state index in [-0.39, 0.29) is 5.82 Å². The maximum absolute atomic E-state index is 9.59. The summed E-state index contributed by atoms with van der Waals surface area (Å²) in [7, 11) is 0. The van der Waals surface area contributed by atoms with Crippen molar-refractivity contribution in [1.82, 2.24) is 19.5 Å². The molecule has 0 amide bonds. The van der Waals surface area contributed by atoms with Gasteiger partial charge in [-0.2, -0.15) is 5.26 Å². The first kappa shape index (κ1) is 14.7. The van der Waals surface area contributed by atoms with Crippen molar-refractivity contribution >= 4 is 5.82 Å². The number of pyridine rings is 2. The third-order valence-electron chi connectivity index (χ3n) is 4.02. The van der Waals surface area contributed by atoms with Crippen LogP contribution in [0.5, 0.6) is 0 Å². The van der Waals surface area contributed by atoms with E-state index < -0.39 is 0 Å². The fourth-order valence-electron chi connectivity index (χ4n) is 2.85. The third-order valence-corrected chi connectivity index (χ3v) is 4.02. The number of nitrogens with two attached hydrogens (primary N) is 1. The molecule has 120 valence electrons. The zero-order chi connectivity index (χ0) is 17.2. The smallest absolute Gasteiger partial charge is 0.142 e. The first-order valence-corrected chi connectivity index (χ1v) is 7.70. The average Bonchev–Trinajstić information content (AvgIpc) is 3.33. The van der Waals surface area contributed by atoms with Gasteiger partial charge in [-0.15, -0.1) is 0 Å². The van der Waals surface area contributed by atoms with Gasteiger partial charge in [-0.1, -0.05) is 0 Å². The molecule has 0 aliphatic rings. The Morgan fingerprint density at radius 2 is 2.00 bits per heavy atom. The van der Waals surface area contributed by atoms with Gasteiger partial charge in [0.05, 0.1) is 11.4 Å². The lowest BCUT2D eigenvalue weighted by atomic mass is 10.0. The molecule has 0 saturated heterocycles. The Hall–Kier alpha value is -3.85. The predicted molar refractivity (Wildman–Crippen MR) is 95.7 cm³/mol. The van der Waals surface area contributed by atoms with Crippen molar-refractivity contribution < 1.29 is 0 Å². The van der Waals surface area contributed by atoms with Gasteiger partial charge in [0.15, 0.2) is 0 Å². The van der Waals surface area contributed by atoms with Gasteiger partial charge >= 0.3 is 0 Å². The first-order valence-electron chi connectivity index (χ1n) is 7.70. The predicted octanol–water partition coefficient (Wildman–Crippen LogP) is 3.38. The zero-order valence-electron chi connectivity index (χ0n) is 13.2. The highest BCUT2D eigenvalue weighted by molar-refractivity contribution is 5.79. The molecular formula is C19H14N6. The topological polar surface area (TPSA) is 96.3 Å². The molecule has 25 heavy (non-hydrogen) atoms. The van der Waals surface area contributed by atoms with Gasteiger partial charge in [-0.3, -0.25) is 4.98 Å². The molecule has 0 saturated carbocycles. The minimum atomic E-state index is 0.221. The van der Waals surface area contributed by atoms with Gasteiger partial charge in [0.25, 0.3) is 0 Å². The van der Waals surface area contributed by atoms with Crippen LogP contribution in [0.1, 0.15) is 5.56 Å². The molecule has 0 aliphatic heterocycles. The SMILES string of the molecule is N#Cc1c(-c2cccn2-c2ccncc2)cc(-c2cc[nH]c2)nc1N. The number of nitriles is 1. The van der Waals surface area contributed by atoms with Crippen LogP contribution < -0.4 is 5.73 Å². The molecule has 6 nitrogen and oxygen atoms in total. The van der Waals surface area contributed by atoms with E-state index in [1.165, 1.54) is 0 Å². The highest BCUT2D eigenvalue weighted by Gasteiger charge is 2.16. The van der Waals surface area contributed by atoms with E-state index in [9.17, 15) is 5.26 Å². The Labute approximate surface area is 144 Å². The molecule has 4 rings (SSSR count). The fraction of sp³-hybridized carbons (Fsp3) is 0. The number of nitrogens with one attached hydrogen (secondary N) is 1. The minimum absolute atomic E-state index is 0.221. The summed E-state index contributed by atoms with van der Waals surface area (Å²) in [5, 5.41) is 9.59. The maximum atomic E-state index is 9.59. The monoisotopic (exact) mass is 326 g/mol. The molecule has 3 N–H and O–H groups in total. The largest absolute Gasteiger partial charge is 0.383 e. The summed E-state index contributed by atoms with van der Waals surface area (Å²) in [5.41, 5.74) is 10.6. The summed E-state index contributed by atoms with van der Waals surface area (Å²) in [6.07, 6.45) is 9.08. The van der Waals surface area contributed by atoms with Crippen molar-refractivity contribution in [3.63, 3.8) is 0 Å². The maximum Gasteiger partial charge on any atom is 0.142 e. The van der Waals surface area contributed by atoms with Gasteiger partial charge in [-0.05, 0) is 36.4 Å². The van der Waals surface area contributed by atoms with E-state index >= 15 is 0 Å². The van der Waals surface area contributed by atoms with Gasteiger partial charge < -0.3 is 15.3 Å². The molecule has 0 aromatic carbocycles. The van der Waals surface area contributed by atoms with E-state index in [1.54, 1.807) is 12.4 Å². The van der Waals surface area contributed by atoms with Gasteiger partial charge in [0, 0.05) is 47.8 Å². The molecule has 0 spiro atoms. The second-order valence-electron chi connectivity index (χ2n) is 5.50. The van der Waals surface area contributed by atoms with Crippen LogP contribution in [0.4, 0.5) is 5.82 Å². The first-order chi connectivity index (χ1) is 12.3. The number of hydrogen-bond acceptors (Lipinski definition) is 4. The lowest BCUT2D eigenvalue weighted by Gasteiger charge is -2.13. The van der Waals surface area contributed by atoms with Crippen molar-refractivity contribution in [3.05, 3.63) is 72.9 Å². The highest BCUT2D eigenvalue weighted by Crippen LogP contribution is 2.32. The number of aromatic amines is 1. The number of nitrogen functional groups attached to an aromatic ring is 1. The Morgan fingerprint density at radius 3 is 2.72 bits per heavy atom. The number of nitrogens with zero attached hydrogens (tertiary/aromatic N) is 4. The van der Waals surface area contributed by atoms with Crippen LogP contribution >= 0.6 is 0 Å². The Bertz CT molecular complexity index is 1060. The second-order valence-corrected chi connectivity index (χ2v) is 5.50. The van der Waals surface area contributed by atoms with E-state index in [1.807, 2.05) is 59.6 Å². The summed E-state index contributed by atoms with van der Waals surface area (Å²) in [6, 6.07) is 13.7. The van der Waals surface area contributed by atoms with Crippen molar-refractivity contribution in [2.75, 3.05) is 5.73 Å². The standard InChI is InChI=1S/C19H14N6/c20-11-16-15(10-17(24-19(16)21)13-3-6-23-12-13)18-2-1-9-25(18)14-4-7-22-8-5-14/h1-10,12,23H,(H2,21,24). The van der Waals surface area contributed by atoms with Gasteiger partial charge in [0.2, 0.25) is 0 Å². The number of anilines is 1. The molecule has 4 aromatic rings. The van der Waals surface area contributed by atoms with E-state index in [0.717, 1.165) is 28.2 Å². The normalized spacial score (nSPS) is 10.5. The van der Waals surface area contributed by atoms with E-state index in [2.05, 4.69) is 21.0 Å². The van der Waals surface area contributed by atoms with Crippen molar-refractivity contribution in [2.45, 2.75) is 0 Å². The van der Waals surface area contributed by atoms with Gasteiger partial charge in [-0.25, -0.2) is 4.98 Å². The second kappa shape index (κ2) is 5.98. The number of H-pyrrole nitrogens is 1. The fourth-order valence-corrected chi connectivity index (χ4v) is 2.85. The summed E-state index contributed by atoms with van der Waals surface area (Å²) in [4.78, 5) is 11.4. The molecule has 0 atom stereocenters.